The molecule has 0 aliphatic carbocycles. The van der Waals surface area contributed by atoms with E-state index < -0.39 is 23.6 Å². The van der Waals surface area contributed by atoms with Gasteiger partial charge in [0.15, 0.2) is 5.82 Å². The summed E-state index contributed by atoms with van der Waals surface area (Å²) in [4.78, 5) is 51.9. The highest BCUT2D eigenvalue weighted by molar-refractivity contribution is 7.13. The van der Waals surface area contributed by atoms with Crippen molar-refractivity contribution < 1.29 is 19.5 Å². The first-order valence-electron chi connectivity index (χ1n) is 15.9. The fourth-order valence-corrected chi connectivity index (χ4v) is 6.99. The maximum absolute atomic E-state index is 14.0. The van der Waals surface area contributed by atoms with E-state index in [0.29, 0.717) is 32.0 Å². The van der Waals surface area contributed by atoms with Crippen molar-refractivity contribution in [3.8, 4) is 10.4 Å². The highest BCUT2D eigenvalue weighted by atomic mass is 32.1. The number of nitrogens with two attached hydrogens (primary N) is 1. The molecule has 1 aromatic carbocycles. The molecule has 4 atom stereocenters. The maximum atomic E-state index is 14.0. The molecule has 4 heterocycles. The Hall–Kier alpha value is -4.14. The van der Waals surface area contributed by atoms with E-state index in [-0.39, 0.29) is 43.3 Å². The van der Waals surface area contributed by atoms with Crippen LogP contribution in [-0.2, 0) is 14.4 Å². The number of amides is 3. The number of nitrogens with one attached hydrogen (secondary N) is 2. The number of aryl methyl sites for hydroxylation is 1. The van der Waals surface area contributed by atoms with Crippen molar-refractivity contribution in [3.63, 3.8) is 0 Å². The molecule has 0 saturated carbocycles. The van der Waals surface area contributed by atoms with Gasteiger partial charge in [0.05, 0.1) is 46.7 Å². The van der Waals surface area contributed by atoms with Crippen LogP contribution in [0, 0.1) is 12.3 Å². The summed E-state index contributed by atoms with van der Waals surface area (Å²) in [5.74, 6) is -0.630. The fourth-order valence-electron chi connectivity index (χ4n) is 6.18. The minimum absolute atomic E-state index is 0.0194. The second-order valence-corrected chi connectivity index (χ2v) is 14.3. The van der Waals surface area contributed by atoms with E-state index in [2.05, 4.69) is 30.7 Å². The number of nitrogens with zero attached hydrogens (tertiary/aromatic N) is 6. The number of β-amino-alcohol motifs (C(OH)–C–C–N with tert-alkyl or cyclic N) is 1. The Morgan fingerprint density at radius 1 is 1.09 bits per heavy atom. The second kappa shape index (κ2) is 14.3. The number of piperazine rings is 1. The van der Waals surface area contributed by atoms with Crippen molar-refractivity contribution in [3.05, 3.63) is 53.3 Å². The number of aliphatic hydroxyl groups excluding tert-OH is 1. The average Bonchev–Trinajstić information content (AvgIpc) is 3.65. The quantitative estimate of drug-likeness (QED) is 0.266. The summed E-state index contributed by atoms with van der Waals surface area (Å²) in [6.45, 7) is 12.3. The first-order valence-corrected chi connectivity index (χ1v) is 16.8. The number of rotatable bonds is 9. The zero-order chi connectivity index (χ0) is 33.9. The summed E-state index contributed by atoms with van der Waals surface area (Å²) in [6, 6.07) is 7.74. The Kier molecular flexibility index (Phi) is 10.4. The predicted octanol–water partition coefficient (Wildman–Crippen LogP) is 1.98. The summed E-state index contributed by atoms with van der Waals surface area (Å²) in [7, 11) is 0. The molecule has 14 heteroatoms. The Bertz CT molecular complexity index is 1570. The Labute approximate surface area is 279 Å². The molecule has 3 aromatic rings. The third kappa shape index (κ3) is 8.06. The highest BCUT2D eigenvalue weighted by Gasteiger charge is 2.44. The molecule has 5 N–H and O–H groups in total. The van der Waals surface area contributed by atoms with Crippen LogP contribution in [0.5, 0.6) is 0 Å². The standard InChI is InChI=1S/C33H45N9O4S/c1-20(22-6-8-23(9-7-22)28-21(2)35-19-47-28)37-31(45)26-16-24(43)17-42(26)32(46)29(33(3,4)5)38-27(44)18-40-12-14-41(15-13-40)25-10-11-36-39-30(25)34/h6-11,19-20,24,26,29,43H,12-18H2,1-5H3,(H2,34,39)(H,37,45)(H,38,44)/t20-,24+,26-,29+/m0/s1. The lowest BCUT2D eigenvalue weighted by Crippen LogP contribution is -2.59. The van der Waals surface area contributed by atoms with Crippen LogP contribution in [0.1, 0.15) is 51.4 Å². The summed E-state index contributed by atoms with van der Waals surface area (Å²) in [5.41, 5.74) is 10.9. The van der Waals surface area contributed by atoms with Gasteiger partial charge in [-0.1, -0.05) is 45.0 Å². The van der Waals surface area contributed by atoms with E-state index in [9.17, 15) is 19.5 Å². The summed E-state index contributed by atoms with van der Waals surface area (Å²) in [5, 5.41) is 24.3. The molecule has 5 rings (SSSR count). The van der Waals surface area contributed by atoms with E-state index in [0.717, 1.165) is 27.4 Å². The zero-order valence-electron chi connectivity index (χ0n) is 27.6. The molecule has 13 nitrogen and oxygen atoms in total. The molecule has 252 valence electrons. The largest absolute Gasteiger partial charge is 0.391 e. The number of hydrogen-bond acceptors (Lipinski definition) is 11. The van der Waals surface area contributed by atoms with E-state index in [1.54, 1.807) is 17.5 Å². The van der Waals surface area contributed by atoms with Gasteiger partial charge in [-0.15, -0.1) is 16.4 Å². The Morgan fingerprint density at radius 2 is 1.79 bits per heavy atom. The number of carbonyl (C=O) groups is 3. The zero-order valence-corrected chi connectivity index (χ0v) is 28.5. The molecule has 2 saturated heterocycles. The van der Waals surface area contributed by atoms with E-state index in [1.165, 1.54) is 4.90 Å². The number of aliphatic hydroxyl groups is 1. The fraction of sp³-hybridized carbons (Fsp3) is 0.515. The average molecular weight is 664 g/mol. The molecule has 0 bridgehead atoms. The SMILES string of the molecule is Cc1ncsc1-c1ccc([C@H](C)NC(=O)[C@@H]2C[C@@H](O)CN2C(=O)[C@@H](NC(=O)CN2CCN(c3ccnnc3N)CC2)C(C)(C)C)cc1. The van der Waals surface area contributed by atoms with Crippen molar-refractivity contribution in [2.75, 3.05) is 49.9 Å². The van der Waals surface area contributed by atoms with Crippen molar-refractivity contribution in [2.24, 2.45) is 5.41 Å². The number of carbonyl (C=O) groups excluding carboxylic acids is 3. The van der Waals surface area contributed by atoms with Gasteiger partial charge in [0.2, 0.25) is 17.7 Å². The lowest BCUT2D eigenvalue weighted by Gasteiger charge is -2.37. The molecular formula is C33H45N9O4S. The number of likely N-dealkylation sites (tertiary alicyclic amines) is 1. The van der Waals surface area contributed by atoms with E-state index >= 15 is 0 Å². The topological polar surface area (TPSA) is 170 Å². The normalized spacial score (nSPS) is 20.1. The molecule has 2 fully saturated rings. The molecule has 2 aliphatic heterocycles. The summed E-state index contributed by atoms with van der Waals surface area (Å²) in [6.07, 6.45) is 0.887. The first-order chi connectivity index (χ1) is 22.3. The number of anilines is 2. The number of benzene rings is 1. The van der Waals surface area contributed by atoms with Gasteiger partial charge >= 0.3 is 0 Å². The van der Waals surface area contributed by atoms with Crippen LogP contribution in [0.2, 0.25) is 0 Å². The molecule has 47 heavy (non-hydrogen) atoms. The van der Waals surface area contributed by atoms with Crippen LogP contribution in [0.3, 0.4) is 0 Å². The third-order valence-electron chi connectivity index (χ3n) is 8.87. The van der Waals surface area contributed by atoms with Gasteiger partial charge in [-0.05, 0) is 36.5 Å². The van der Waals surface area contributed by atoms with Gasteiger partial charge < -0.3 is 31.3 Å². The number of hydrogen-bond donors (Lipinski definition) is 4. The minimum atomic E-state index is -0.889. The number of thiazole rings is 1. The monoisotopic (exact) mass is 663 g/mol. The predicted molar refractivity (Wildman–Crippen MR) is 181 cm³/mol. The van der Waals surface area contributed by atoms with Gasteiger partial charge in [-0.25, -0.2) is 4.98 Å². The van der Waals surface area contributed by atoms with Crippen LogP contribution in [0.15, 0.2) is 42.0 Å². The van der Waals surface area contributed by atoms with Gasteiger partial charge in [0, 0.05) is 39.1 Å². The van der Waals surface area contributed by atoms with E-state index in [1.807, 2.05) is 75.4 Å². The van der Waals surface area contributed by atoms with Crippen LogP contribution in [-0.4, -0.2) is 105 Å². The lowest BCUT2D eigenvalue weighted by molar-refractivity contribution is -0.144. The summed E-state index contributed by atoms with van der Waals surface area (Å²) < 4.78 is 0. The van der Waals surface area contributed by atoms with Crippen molar-refractivity contribution in [1.29, 1.82) is 0 Å². The Balaban J connectivity index is 1.19. The van der Waals surface area contributed by atoms with Crippen LogP contribution < -0.4 is 21.3 Å². The molecule has 2 aromatic heterocycles. The van der Waals surface area contributed by atoms with Crippen LogP contribution in [0.25, 0.3) is 10.4 Å². The molecule has 3 amide bonds. The molecule has 0 unspecified atom stereocenters. The third-order valence-corrected chi connectivity index (χ3v) is 9.84. The van der Waals surface area contributed by atoms with Crippen LogP contribution >= 0.6 is 11.3 Å². The van der Waals surface area contributed by atoms with Crippen LogP contribution in [0.4, 0.5) is 11.5 Å². The van der Waals surface area contributed by atoms with Crippen molar-refractivity contribution in [1.82, 2.24) is 35.6 Å². The van der Waals surface area contributed by atoms with Gasteiger partial charge in [-0.2, -0.15) is 5.10 Å². The highest BCUT2D eigenvalue weighted by Crippen LogP contribution is 2.30. The number of nitrogen functional groups attached to an aromatic ring is 1. The number of aromatic nitrogens is 3. The lowest BCUT2D eigenvalue weighted by atomic mass is 9.85. The van der Waals surface area contributed by atoms with Gasteiger partial charge in [0.1, 0.15) is 12.1 Å². The molecule has 2 aliphatic rings. The van der Waals surface area contributed by atoms with Gasteiger partial charge in [0.25, 0.3) is 0 Å². The minimum Gasteiger partial charge on any atom is -0.391 e. The molecular weight excluding hydrogens is 618 g/mol. The Morgan fingerprint density at radius 3 is 2.40 bits per heavy atom. The molecule has 0 spiro atoms. The van der Waals surface area contributed by atoms with Gasteiger partial charge in [-0.3, -0.25) is 19.3 Å². The van der Waals surface area contributed by atoms with Crippen molar-refractivity contribution >= 4 is 40.6 Å². The van der Waals surface area contributed by atoms with E-state index in [4.69, 9.17) is 5.73 Å². The van der Waals surface area contributed by atoms with Crippen molar-refractivity contribution in [2.45, 2.75) is 65.3 Å². The smallest absolute Gasteiger partial charge is 0.246 e. The first kappa shape index (κ1) is 34.2. The second-order valence-electron chi connectivity index (χ2n) is 13.4. The maximum Gasteiger partial charge on any atom is 0.246 e. The summed E-state index contributed by atoms with van der Waals surface area (Å²) >= 11 is 1.58. The molecule has 0 radical (unpaired) electrons.